The van der Waals surface area contributed by atoms with Gasteiger partial charge in [0.05, 0.1) is 52.0 Å². The standard InChI is InChI=1S/C22H32N6O6/c1-31-18-12(17(30)13(28-14(29)10-23)6-5-9-27-22(25)26)8-7-11-15(18)20(33-3)21(34-4)16(24)19(11)32-2/h7-8,13H,5-6,9-10,23-24H2,1-4H3,(H,28,29)(H4,25,26,27)/t13-/m0/s1. The highest BCUT2D eigenvalue weighted by molar-refractivity contribution is 6.12. The van der Waals surface area contributed by atoms with E-state index in [-0.39, 0.29) is 53.2 Å². The molecule has 0 spiro atoms. The second kappa shape index (κ2) is 11.8. The Hall–Kier alpha value is -3.93. The van der Waals surface area contributed by atoms with Crippen molar-refractivity contribution >= 4 is 34.1 Å². The summed E-state index contributed by atoms with van der Waals surface area (Å²) < 4.78 is 22.2. The zero-order valence-electron chi connectivity index (χ0n) is 19.8. The largest absolute Gasteiger partial charge is 0.495 e. The number of carbonyl (C=O) groups is 2. The van der Waals surface area contributed by atoms with Gasteiger partial charge in [0.25, 0.3) is 0 Å². The van der Waals surface area contributed by atoms with E-state index < -0.39 is 11.9 Å². The number of nitrogens with one attached hydrogen (secondary N) is 1. The number of ether oxygens (including phenoxy) is 4. The van der Waals surface area contributed by atoms with Gasteiger partial charge in [-0.25, -0.2) is 0 Å². The second-order valence-corrected chi connectivity index (χ2v) is 7.22. The smallest absolute Gasteiger partial charge is 0.234 e. The van der Waals surface area contributed by atoms with Crippen LogP contribution in [0.2, 0.25) is 0 Å². The fourth-order valence-electron chi connectivity index (χ4n) is 3.72. The SMILES string of the molecule is COc1c(N)c(OC)c2ccc(C(=O)[C@H](CCCN=C(N)N)NC(=O)CN)c(OC)c2c1OC. The van der Waals surface area contributed by atoms with Crippen molar-refractivity contribution < 1.29 is 28.5 Å². The number of fused-ring (bicyclic) bond motifs is 1. The summed E-state index contributed by atoms with van der Waals surface area (Å²) in [6.45, 7) is 0.0228. The van der Waals surface area contributed by atoms with Crippen LogP contribution in [0.3, 0.4) is 0 Å². The number of aliphatic imine (C=N–C) groups is 1. The minimum Gasteiger partial charge on any atom is -0.495 e. The number of amides is 1. The Morgan fingerprint density at radius 1 is 0.971 bits per heavy atom. The Morgan fingerprint density at radius 3 is 2.12 bits per heavy atom. The third kappa shape index (κ3) is 5.34. The van der Waals surface area contributed by atoms with Gasteiger partial charge in [-0.2, -0.15) is 0 Å². The first kappa shape index (κ1) is 26.3. The number of ketones is 1. The molecule has 9 N–H and O–H groups in total. The summed E-state index contributed by atoms with van der Waals surface area (Å²) in [4.78, 5) is 29.5. The third-order valence-electron chi connectivity index (χ3n) is 5.19. The van der Waals surface area contributed by atoms with Gasteiger partial charge in [-0.15, -0.1) is 0 Å². The number of anilines is 1. The van der Waals surface area contributed by atoms with Crippen molar-refractivity contribution in [2.24, 2.45) is 22.2 Å². The van der Waals surface area contributed by atoms with Crippen LogP contribution in [-0.4, -0.2) is 65.2 Å². The van der Waals surface area contributed by atoms with E-state index in [1.165, 1.54) is 28.4 Å². The highest BCUT2D eigenvalue weighted by Crippen LogP contribution is 2.51. The van der Waals surface area contributed by atoms with Crippen molar-refractivity contribution in [1.82, 2.24) is 5.32 Å². The number of hydrogen-bond donors (Lipinski definition) is 5. The Labute approximate surface area is 197 Å². The lowest BCUT2D eigenvalue weighted by Crippen LogP contribution is -2.43. The van der Waals surface area contributed by atoms with Gasteiger partial charge < -0.3 is 47.2 Å². The molecule has 2 rings (SSSR count). The van der Waals surface area contributed by atoms with Crippen molar-refractivity contribution in [3.8, 4) is 23.0 Å². The zero-order chi connectivity index (χ0) is 25.4. The molecule has 0 radical (unpaired) electrons. The number of carbonyl (C=O) groups excluding carboxylic acids is 2. The van der Waals surface area contributed by atoms with E-state index in [0.29, 0.717) is 29.5 Å². The molecule has 34 heavy (non-hydrogen) atoms. The van der Waals surface area contributed by atoms with E-state index in [4.69, 9.17) is 41.9 Å². The number of nitrogens with zero attached hydrogens (tertiary/aromatic N) is 1. The van der Waals surface area contributed by atoms with Gasteiger partial charge in [0.2, 0.25) is 5.91 Å². The van der Waals surface area contributed by atoms with Crippen LogP contribution in [0.15, 0.2) is 17.1 Å². The molecule has 0 heterocycles. The molecule has 0 fully saturated rings. The van der Waals surface area contributed by atoms with E-state index in [1.54, 1.807) is 12.1 Å². The molecule has 0 aliphatic rings. The number of methoxy groups -OCH3 is 4. The van der Waals surface area contributed by atoms with E-state index in [2.05, 4.69) is 10.3 Å². The normalized spacial score (nSPS) is 11.4. The maximum absolute atomic E-state index is 13.6. The first-order valence-corrected chi connectivity index (χ1v) is 10.4. The summed E-state index contributed by atoms with van der Waals surface area (Å²) in [5.74, 6) is 0.148. The molecule has 0 aliphatic heterocycles. The molecule has 2 aromatic carbocycles. The lowest BCUT2D eigenvalue weighted by molar-refractivity contribution is -0.120. The van der Waals surface area contributed by atoms with Gasteiger partial charge in [-0.3, -0.25) is 14.6 Å². The van der Waals surface area contributed by atoms with Crippen LogP contribution in [0.1, 0.15) is 23.2 Å². The molecule has 1 amide bonds. The lowest BCUT2D eigenvalue weighted by atomic mass is 9.94. The lowest BCUT2D eigenvalue weighted by Gasteiger charge is -2.22. The molecule has 12 heteroatoms. The fraction of sp³-hybridized carbons (Fsp3) is 0.409. The van der Waals surface area contributed by atoms with Gasteiger partial charge in [-0.1, -0.05) is 0 Å². The van der Waals surface area contributed by atoms with Crippen LogP contribution in [0.5, 0.6) is 23.0 Å². The number of guanidine groups is 1. The highest BCUT2D eigenvalue weighted by atomic mass is 16.5. The van der Waals surface area contributed by atoms with Crippen molar-refractivity contribution in [2.75, 3.05) is 47.3 Å². The van der Waals surface area contributed by atoms with Gasteiger partial charge in [0.15, 0.2) is 29.0 Å². The average molecular weight is 477 g/mol. The molecular weight excluding hydrogens is 444 g/mol. The molecule has 0 bridgehead atoms. The van der Waals surface area contributed by atoms with Crippen molar-refractivity contribution in [3.63, 3.8) is 0 Å². The number of benzene rings is 2. The quantitative estimate of drug-likeness (QED) is 0.0922. The summed E-state index contributed by atoms with van der Waals surface area (Å²) in [7, 11) is 5.78. The molecule has 0 saturated heterocycles. The van der Waals surface area contributed by atoms with Crippen molar-refractivity contribution in [3.05, 3.63) is 17.7 Å². The number of nitrogen functional groups attached to an aromatic ring is 1. The monoisotopic (exact) mass is 476 g/mol. The Morgan fingerprint density at radius 2 is 1.59 bits per heavy atom. The Balaban J connectivity index is 2.67. The summed E-state index contributed by atoms with van der Waals surface area (Å²) in [6, 6.07) is 2.36. The van der Waals surface area contributed by atoms with Gasteiger partial charge in [0.1, 0.15) is 11.4 Å². The molecule has 1 atom stereocenters. The molecule has 0 aromatic heterocycles. The topological polar surface area (TPSA) is 200 Å². The fourth-order valence-corrected chi connectivity index (χ4v) is 3.72. The second-order valence-electron chi connectivity index (χ2n) is 7.22. The number of nitrogens with two attached hydrogens (primary N) is 4. The first-order chi connectivity index (χ1) is 16.2. The highest BCUT2D eigenvalue weighted by Gasteiger charge is 2.29. The van der Waals surface area contributed by atoms with Crippen LogP contribution >= 0.6 is 0 Å². The summed E-state index contributed by atoms with van der Waals surface area (Å²) in [6.07, 6.45) is 0.713. The van der Waals surface area contributed by atoms with E-state index >= 15 is 0 Å². The number of Topliss-reactive ketones (excluding diaryl/α,β-unsaturated/α-hetero) is 1. The van der Waals surface area contributed by atoms with E-state index in [1.807, 2.05) is 0 Å². The minimum absolute atomic E-state index is 0.0562. The summed E-state index contributed by atoms with van der Waals surface area (Å²) in [5.41, 5.74) is 22.8. The van der Waals surface area contributed by atoms with Crippen molar-refractivity contribution in [2.45, 2.75) is 18.9 Å². The summed E-state index contributed by atoms with van der Waals surface area (Å²) in [5, 5.41) is 3.64. The predicted octanol–water partition coefficient (Wildman–Crippen LogP) is 0.136. The average Bonchev–Trinajstić information content (AvgIpc) is 2.83. The molecule has 0 aliphatic carbocycles. The van der Waals surface area contributed by atoms with E-state index in [0.717, 1.165) is 0 Å². The predicted molar refractivity (Wildman–Crippen MR) is 130 cm³/mol. The maximum atomic E-state index is 13.6. The van der Waals surface area contributed by atoms with E-state index in [9.17, 15) is 9.59 Å². The van der Waals surface area contributed by atoms with Gasteiger partial charge in [0, 0.05) is 11.9 Å². The van der Waals surface area contributed by atoms with Gasteiger partial charge >= 0.3 is 0 Å². The molecular formula is C22H32N6O6. The third-order valence-corrected chi connectivity index (χ3v) is 5.19. The molecule has 186 valence electrons. The first-order valence-electron chi connectivity index (χ1n) is 10.4. The van der Waals surface area contributed by atoms with Crippen molar-refractivity contribution in [1.29, 1.82) is 0 Å². The molecule has 0 saturated carbocycles. The van der Waals surface area contributed by atoms with Crippen LogP contribution in [0.4, 0.5) is 5.69 Å². The van der Waals surface area contributed by atoms with Gasteiger partial charge in [-0.05, 0) is 25.0 Å². The van der Waals surface area contributed by atoms with Crippen LogP contribution in [0.25, 0.3) is 10.8 Å². The minimum atomic E-state index is -0.889. The number of rotatable bonds is 12. The van der Waals surface area contributed by atoms with Crippen LogP contribution in [-0.2, 0) is 4.79 Å². The Kier molecular flexibility index (Phi) is 9.13. The zero-order valence-corrected chi connectivity index (χ0v) is 19.8. The van der Waals surface area contributed by atoms with Crippen LogP contribution in [0, 0.1) is 0 Å². The molecule has 0 unspecified atom stereocenters. The maximum Gasteiger partial charge on any atom is 0.234 e. The molecule has 2 aromatic rings. The number of hydrogen-bond acceptors (Lipinski definition) is 9. The Bertz CT molecular complexity index is 1080. The summed E-state index contributed by atoms with van der Waals surface area (Å²) >= 11 is 0. The molecule has 12 nitrogen and oxygen atoms in total. The van der Waals surface area contributed by atoms with Crippen LogP contribution < -0.4 is 47.2 Å².